The molecule has 158 valence electrons. The van der Waals surface area contributed by atoms with E-state index in [0.29, 0.717) is 37.2 Å². The van der Waals surface area contributed by atoms with Crippen molar-refractivity contribution in [1.82, 2.24) is 25.5 Å². The van der Waals surface area contributed by atoms with Crippen LogP contribution in [0.5, 0.6) is 0 Å². The van der Waals surface area contributed by atoms with Crippen LogP contribution in [0.2, 0.25) is 0 Å². The Morgan fingerprint density at radius 2 is 2.20 bits per heavy atom. The number of dihydropyridines is 1. The van der Waals surface area contributed by atoms with Crippen LogP contribution >= 0.6 is 11.6 Å². The van der Waals surface area contributed by atoms with Crippen LogP contribution < -0.4 is 16.0 Å². The first-order valence-corrected chi connectivity index (χ1v) is 10.4. The van der Waals surface area contributed by atoms with E-state index in [9.17, 15) is 9.18 Å². The van der Waals surface area contributed by atoms with E-state index in [-0.39, 0.29) is 29.9 Å². The third-order valence-electron chi connectivity index (χ3n) is 5.80. The molecule has 1 aromatic rings. The Hall–Kier alpha value is -2.65. The Kier molecular flexibility index (Phi) is 5.08. The minimum absolute atomic E-state index is 0.0564. The number of amides is 1. The van der Waals surface area contributed by atoms with Gasteiger partial charge in [0.05, 0.1) is 23.8 Å². The summed E-state index contributed by atoms with van der Waals surface area (Å²) in [7, 11) is 0. The van der Waals surface area contributed by atoms with E-state index in [4.69, 9.17) is 16.3 Å². The van der Waals surface area contributed by atoms with E-state index >= 15 is 0 Å². The Morgan fingerprint density at radius 3 is 3.03 bits per heavy atom. The van der Waals surface area contributed by atoms with Gasteiger partial charge in [0.1, 0.15) is 6.17 Å². The highest BCUT2D eigenvalue weighted by Crippen LogP contribution is 2.31. The van der Waals surface area contributed by atoms with Crippen molar-refractivity contribution in [2.75, 3.05) is 31.6 Å². The fourth-order valence-electron chi connectivity index (χ4n) is 4.20. The van der Waals surface area contributed by atoms with Gasteiger partial charge in [0.25, 0.3) is 0 Å². The smallest absolute Gasteiger partial charge is 0.228 e. The summed E-state index contributed by atoms with van der Waals surface area (Å²) >= 11 is 6.11. The zero-order valence-corrected chi connectivity index (χ0v) is 17.0. The molecule has 0 spiro atoms. The minimum Gasteiger partial charge on any atom is -0.381 e. The first-order valence-electron chi connectivity index (χ1n) is 10.0. The second-order valence-electron chi connectivity index (χ2n) is 7.82. The second-order valence-corrected chi connectivity index (χ2v) is 8.25. The highest BCUT2D eigenvalue weighted by Gasteiger charge is 2.33. The molecule has 10 heteroatoms. The lowest BCUT2D eigenvalue weighted by molar-refractivity contribution is -0.134. The number of ether oxygens (including phenoxy) is 1. The van der Waals surface area contributed by atoms with Gasteiger partial charge in [-0.2, -0.15) is 0 Å². The number of fused-ring (bicyclic) bond motifs is 1. The predicted molar refractivity (Wildman–Crippen MR) is 110 cm³/mol. The number of nitrogens with zero attached hydrogens (tertiary/aromatic N) is 3. The molecule has 2 unspecified atom stereocenters. The summed E-state index contributed by atoms with van der Waals surface area (Å²) in [4.78, 5) is 23.0. The third-order valence-corrected chi connectivity index (χ3v) is 6.02. The molecular formula is C20H22ClFN6O2. The van der Waals surface area contributed by atoms with Crippen LogP contribution in [-0.2, 0) is 9.53 Å². The summed E-state index contributed by atoms with van der Waals surface area (Å²) in [6, 6.07) is -0.0649. The van der Waals surface area contributed by atoms with Crippen LogP contribution in [0.4, 0.5) is 10.2 Å². The summed E-state index contributed by atoms with van der Waals surface area (Å²) in [5.41, 5.74) is 1.66. The maximum absolute atomic E-state index is 14.4. The van der Waals surface area contributed by atoms with E-state index in [2.05, 4.69) is 25.9 Å². The van der Waals surface area contributed by atoms with Crippen LogP contribution in [-0.4, -0.2) is 59.3 Å². The van der Waals surface area contributed by atoms with Gasteiger partial charge in [0.2, 0.25) is 5.91 Å². The maximum atomic E-state index is 14.4. The van der Waals surface area contributed by atoms with Crippen LogP contribution in [0, 0.1) is 11.7 Å². The zero-order chi connectivity index (χ0) is 20.7. The number of likely N-dealkylation sites (tertiary alicyclic amines) is 1. The normalized spacial score (nSPS) is 27.6. The zero-order valence-electron chi connectivity index (χ0n) is 16.2. The van der Waals surface area contributed by atoms with Gasteiger partial charge in [-0.25, -0.2) is 14.4 Å². The number of halogens is 2. The molecule has 4 aliphatic heterocycles. The average molecular weight is 433 g/mol. The van der Waals surface area contributed by atoms with E-state index in [1.54, 1.807) is 12.4 Å². The Bertz CT molecular complexity index is 959. The Labute approximate surface area is 178 Å². The fraction of sp³-hybridized carbons (Fsp3) is 0.450. The van der Waals surface area contributed by atoms with Gasteiger partial charge in [-0.05, 0) is 18.9 Å². The first kappa shape index (κ1) is 19.3. The van der Waals surface area contributed by atoms with Crippen molar-refractivity contribution in [2.45, 2.75) is 25.0 Å². The van der Waals surface area contributed by atoms with Crippen LogP contribution in [0.15, 0.2) is 35.3 Å². The van der Waals surface area contributed by atoms with Crippen molar-refractivity contribution in [2.24, 2.45) is 5.92 Å². The molecule has 30 heavy (non-hydrogen) atoms. The predicted octanol–water partition coefficient (Wildman–Crippen LogP) is 1.54. The fourth-order valence-corrected chi connectivity index (χ4v) is 4.38. The lowest BCUT2D eigenvalue weighted by Gasteiger charge is -2.21. The number of rotatable bonds is 4. The summed E-state index contributed by atoms with van der Waals surface area (Å²) in [5.74, 6) is 0.0837. The van der Waals surface area contributed by atoms with Gasteiger partial charge in [-0.3, -0.25) is 4.79 Å². The molecular weight excluding hydrogens is 411 g/mol. The molecule has 5 heterocycles. The monoisotopic (exact) mass is 432 g/mol. The molecule has 0 aliphatic carbocycles. The lowest BCUT2D eigenvalue weighted by Crippen LogP contribution is -2.36. The standard InChI is InChI=1S/C20H22ClFN6O2/c21-12-5-14-15(7-24-17(14)23-6-12)18-25-8-16(22)19(27-18)26-13-1-3-28(9-13)20(29)11-2-4-30-10-11/h5-8,11,13,17,23-24H,1-4,9-10H2,(H,25,26,27)/t11?,13-,17?/m0/s1. The van der Waals surface area contributed by atoms with Gasteiger partial charge in [-0.15, -0.1) is 0 Å². The summed E-state index contributed by atoms with van der Waals surface area (Å²) in [6.45, 7) is 2.30. The molecule has 1 aromatic heterocycles. The highest BCUT2D eigenvalue weighted by atomic mass is 35.5. The minimum atomic E-state index is -0.524. The maximum Gasteiger partial charge on any atom is 0.228 e. The van der Waals surface area contributed by atoms with Gasteiger partial charge in [-0.1, -0.05) is 11.6 Å². The highest BCUT2D eigenvalue weighted by molar-refractivity contribution is 6.31. The number of hydrogen-bond acceptors (Lipinski definition) is 7. The Balaban J connectivity index is 1.29. The van der Waals surface area contributed by atoms with E-state index < -0.39 is 5.82 Å². The van der Waals surface area contributed by atoms with Crippen molar-refractivity contribution in [3.8, 4) is 0 Å². The number of nitrogens with one attached hydrogen (secondary N) is 3. The Morgan fingerprint density at radius 1 is 1.33 bits per heavy atom. The van der Waals surface area contributed by atoms with Gasteiger partial charge in [0.15, 0.2) is 17.5 Å². The van der Waals surface area contributed by atoms with Crippen molar-refractivity contribution in [3.63, 3.8) is 0 Å². The summed E-state index contributed by atoms with van der Waals surface area (Å²) in [6.07, 6.45) is 7.90. The molecule has 0 saturated carbocycles. The van der Waals surface area contributed by atoms with Crippen LogP contribution in [0.25, 0.3) is 5.57 Å². The number of aromatic nitrogens is 2. The number of allylic oxidation sites excluding steroid dienone is 2. The average Bonchev–Trinajstić information content (AvgIpc) is 3.50. The van der Waals surface area contributed by atoms with E-state index in [1.165, 1.54) is 6.20 Å². The topological polar surface area (TPSA) is 91.4 Å². The molecule has 8 nitrogen and oxygen atoms in total. The number of carbonyl (C=O) groups is 1. The molecule has 1 amide bonds. The van der Waals surface area contributed by atoms with Crippen molar-refractivity contribution >= 4 is 28.9 Å². The van der Waals surface area contributed by atoms with Gasteiger partial charge in [0, 0.05) is 49.3 Å². The molecule has 3 atom stereocenters. The SMILES string of the molecule is O=C(C1CCOC1)N1CC[C@H](Nc2nc(C3=CNC4NC=C(Cl)C=C34)ncc2F)C1. The van der Waals surface area contributed by atoms with Crippen molar-refractivity contribution in [1.29, 1.82) is 0 Å². The molecule has 0 radical (unpaired) electrons. The molecule has 4 aliphatic rings. The van der Waals surface area contributed by atoms with Crippen molar-refractivity contribution in [3.05, 3.63) is 46.9 Å². The van der Waals surface area contributed by atoms with Crippen molar-refractivity contribution < 1.29 is 13.9 Å². The second kappa shape index (κ2) is 7.88. The molecule has 5 rings (SSSR count). The molecule has 3 N–H and O–H groups in total. The van der Waals surface area contributed by atoms with Crippen LogP contribution in [0.1, 0.15) is 18.7 Å². The van der Waals surface area contributed by atoms with E-state index in [1.807, 2.05) is 11.0 Å². The third kappa shape index (κ3) is 3.63. The largest absolute Gasteiger partial charge is 0.381 e. The van der Waals surface area contributed by atoms with E-state index in [0.717, 1.165) is 24.0 Å². The lowest BCUT2D eigenvalue weighted by atomic mass is 10.0. The molecule has 0 aromatic carbocycles. The summed E-state index contributed by atoms with van der Waals surface area (Å²) < 4.78 is 19.8. The van der Waals surface area contributed by atoms with Gasteiger partial charge < -0.3 is 25.6 Å². The number of anilines is 1. The number of carbonyl (C=O) groups excluding carboxylic acids is 1. The molecule has 0 bridgehead atoms. The van der Waals surface area contributed by atoms with Crippen LogP contribution in [0.3, 0.4) is 0 Å². The summed E-state index contributed by atoms with van der Waals surface area (Å²) in [5, 5.41) is 10.1. The van der Waals surface area contributed by atoms with Gasteiger partial charge >= 0.3 is 0 Å². The quantitative estimate of drug-likeness (QED) is 0.664. The first-order chi connectivity index (χ1) is 14.6. The molecule has 2 saturated heterocycles. The number of hydrogen-bond donors (Lipinski definition) is 3. The molecule has 2 fully saturated rings.